The van der Waals surface area contributed by atoms with Gasteiger partial charge >= 0.3 is 0 Å². The van der Waals surface area contributed by atoms with Gasteiger partial charge in [-0.15, -0.1) is 0 Å². The van der Waals surface area contributed by atoms with Crippen LogP contribution in [-0.4, -0.2) is 16.6 Å². The van der Waals surface area contributed by atoms with Gasteiger partial charge in [0.15, 0.2) is 17.3 Å². The highest BCUT2D eigenvalue weighted by atomic mass is 16.7. The van der Waals surface area contributed by atoms with Crippen molar-refractivity contribution < 1.29 is 9.47 Å². The molecule has 0 atom stereocenters. The van der Waals surface area contributed by atoms with Gasteiger partial charge in [-0.3, -0.25) is 4.68 Å². The SMILES string of the molecule is Cn1cc(N)c(NCc2ccc3c(c2)OCO3)n1. The normalized spacial score (nSPS) is 12.7. The van der Waals surface area contributed by atoms with E-state index in [0.29, 0.717) is 24.8 Å². The van der Waals surface area contributed by atoms with Crippen molar-refractivity contribution in [2.45, 2.75) is 6.54 Å². The molecular formula is C12H14N4O2. The number of aryl methyl sites for hydroxylation is 1. The zero-order chi connectivity index (χ0) is 12.5. The lowest BCUT2D eigenvalue weighted by molar-refractivity contribution is 0.174. The van der Waals surface area contributed by atoms with E-state index in [0.717, 1.165) is 17.1 Å². The Hall–Kier alpha value is -2.37. The van der Waals surface area contributed by atoms with Crippen LogP contribution in [0, 0.1) is 0 Å². The highest BCUT2D eigenvalue weighted by Gasteiger charge is 2.13. The molecule has 0 amide bonds. The van der Waals surface area contributed by atoms with Crippen LogP contribution in [0.4, 0.5) is 11.5 Å². The van der Waals surface area contributed by atoms with E-state index in [-0.39, 0.29) is 0 Å². The third-order valence-corrected chi connectivity index (χ3v) is 2.75. The summed E-state index contributed by atoms with van der Waals surface area (Å²) in [6, 6.07) is 5.84. The maximum atomic E-state index is 5.81. The number of nitrogen functional groups attached to an aromatic ring is 1. The van der Waals surface area contributed by atoms with E-state index in [9.17, 15) is 0 Å². The van der Waals surface area contributed by atoms with Crippen LogP contribution in [0.2, 0.25) is 0 Å². The lowest BCUT2D eigenvalue weighted by Crippen LogP contribution is -2.02. The maximum absolute atomic E-state index is 5.81. The lowest BCUT2D eigenvalue weighted by Gasteiger charge is -2.05. The Kier molecular flexibility index (Phi) is 2.47. The average Bonchev–Trinajstić information content (AvgIpc) is 2.92. The summed E-state index contributed by atoms with van der Waals surface area (Å²) in [7, 11) is 1.84. The van der Waals surface area contributed by atoms with Crippen molar-refractivity contribution in [2.24, 2.45) is 7.05 Å². The summed E-state index contributed by atoms with van der Waals surface area (Å²) < 4.78 is 12.3. The van der Waals surface area contributed by atoms with Gasteiger partial charge in [0, 0.05) is 19.8 Å². The Morgan fingerprint density at radius 3 is 3.00 bits per heavy atom. The van der Waals surface area contributed by atoms with E-state index in [1.807, 2.05) is 25.2 Å². The number of hydrogen-bond acceptors (Lipinski definition) is 5. The van der Waals surface area contributed by atoms with Gasteiger partial charge in [-0.25, -0.2) is 0 Å². The molecule has 6 heteroatoms. The Morgan fingerprint density at radius 2 is 2.22 bits per heavy atom. The van der Waals surface area contributed by atoms with Gasteiger partial charge in [-0.1, -0.05) is 6.07 Å². The summed E-state index contributed by atoms with van der Waals surface area (Å²) in [6.45, 7) is 0.928. The fraction of sp³-hybridized carbons (Fsp3) is 0.250. The molecule has 0 unspecified atom stereocenters. The molecule has 0 saturated carbocycles. The predicted octanol–water partition coefficient (Wildman–Crippen LogP) is 1.34. The summed E-state index contributed by atoms with van der Waals surface area (Å²) in [5, 5.41) is 7.41. The summed E-state index contributed by atoms with van der Waals surface area (Å²) >= 11 is 0. The number of nitrogens with one attached hydrogen (secondary N) is 1. The molecule has 0 bridgehead atoms. The van der Waals surface area contributed by atoms with Crippen LogP contribution < -0.4 is 20.5 Å². The number of fused-ring (bicyclic) bond motifs is 1. The first kappa shape index (κ1) is 10.8. The van der Waals surface area contributed by atoms with E-state index < -0.39 is 0 Å². The minimum atomic E-state index is 0.291. The second kappa shape index (κ2) is 4.14. The first-order valence-corrected chi connectivity index (χ1v) is 5.64. The molecule has 0 aliphatic carbocycles. The molecule has 1 aromatic carbocycles. The van der Waals surface area contributed by atoms with Crippen molar-refractivity contribution in [3.63, 3.8) is 0 Å². The topological polar surface area (TPSA) is 74.3 Å². The number of nitrogens with two attached hydrogens (primary N) is 1. The Balaban J connectivity index is 1.72. The summed E-state index contributed by atoms with van der Waals surface area (Å²) in [6.07, 6.45) is 1.77. The van der Waals surface area contributed by atoms with Crippen LogP contribution >= 0.6 is 0 Å². The third kappa shape index (κ3) is 1.92. The molecule has 0 fully saturated rings. The zero-order valence-corrected chi connectivity index (χ0v) is 10.0. The minimum absolute atomic E-state index is 0.291. The second-order valence-electron chi connectivity index (χ2n) is 4.15. The molecular weight excluding hydrogens is 232 g/mol. The smallest absolute Gasteiger partial charge is 0.231 e. The number of aromatic nitrogens is 2. The second-order valence-corrected chi connectivity index (χ2v) is 4.15. The van der Waals surface area contributed by atoms with Crippen LogP contribution in [0.5, 0.6) is 11.5 Å². The maximum Gasteiger partial charge on any atom is 0.231 e. The fourth-order valence-corrected chi connectivity index (χ4v) is 1.88. The molecule has 1 aromatic heterocycles. The Bertz CT molecular complexity index is 579. The van der Waals surface area contributed by atoms with E-state index >= 15 is 0 Å². The van der Waals surface area contributed by atoms with Crippen molar-refractivity contribution in [3.8, 4) is 11.5 Å². The van der Waals surface area contributed by atoms with E-state index in [4.69, 9.17) is 15.2 Å². The average molecular weight is 246 g/mol. The van der Waals surface area contributed by atoms with Gasteiger partial charge in [0.25, 0.3) is 0 Å². The summed E-state index contributed by atoms with van der Waals surface area (Å²) in [5.74, 6) is 2.26. The molecule has 2 heterocycles. The summed E-state index contributed by atoms with van der Waals surface area (Å²) in [4.78, 5) is 0. The molecule has 1 aliphatic heterocycles. The molecule has 18 heavy (non-hydrogen) atoms. The van der Waals surface area contributed by atoms with Crippen LogP contribution in [0.25, 0.3) is 0 Å². The molecule has 2 aromatic rings. The van der Waals surface area contributed by atoms with Gasteiger partial charge in [-0.05, 0) is 17.7 Å². The first-order valence-electron chi connectivity index (χ1n) is 5.64. The van der Waals surface area contributed by atoms with E-state index in [1.54, 1.807) is 10.9 Å². The van der Waals surface area contributed by atoms with Crippen LogP contribution in [-0.2, 0) is 13.6 Å². The van der Waals surface area contributed by atoms with Crippen LogP contribution in [0.1, 0.15) is 5.56 Å². The molecule has 3 rings (SSSR count). The molecule has 1 aliphatic rings. The Labute approximate surface area is 104 Å². The number of rotatable bonds is 3. The van der Waals surface area contributed by atoms with Crippen molar-refractivity contribution >= 4 is 11.5 Å². The zero-order valence-electron chi connectivity index (χ0n) is 10.0. The van der Waals surface area contributed by atoms with E-state index in [2.05, 4.69) is 10.4 Å². The fourth-order valence-electron chi connectivity index (χ4n) is 1.88. The molecule has 0 spiro atoms. The number of ether oxygens (including phenoxy) is 2. The first-order chi connectivity index (χ1) is 8.72. The quantitative estimate of drug-likeness (QED) is 0.855. The molecule has 0 radical (unpaired) electrons. The third-order valence-electron chi connectivity index (χ3n) is 2.75. The van der Waals surface area contributed by atoms with Crippen molar-refractivity contribution in [2.75, 3.05) is 17.8 Å². The van der Waals surface area contributed by atoms with E-state index in [1.165, 1.54) is 0 Å². The van der Waals surface area contributed by atoms with Gasteiger partial charge < -0.3 is 20.5 Å². The van der Waals surface area contributed by atoms with Crippen molar-refractivity contribution in [3.05, 3.63) is 30.0 Å². The lowest BCUT2D eigenvalue weighted by atomic mass is 10.2. The van der Waals surface area contributed by atoms with Crippen LogP contribution in [0.3, 0.4) is 0 Å². The number of benzene rings is 1. The number of anilines is 2. The number of nitrogens with zero attached hydrogens (tertiary/aromatic N) is 2. The van der Waals surface area contributed by atoms with Gasteiger partial charge in [-0.2, -0.15) is 5.10 Å². The standard InChI is InChI=1S/C12H14N4O2/c1-16-6-9(13)12(15-16)14-5-8-2-3-10-11(4-8)18-7-17-10/h2-4,6H,5,7,13H2,1H3,(H,14,15). The highest BCUT2D eigenvalue weighted by molar-refractivity contribution is 5.60. The predicted molar refractivity (Wildman–Crippen MR) is 67.5 cm³/mol. The molecule has 0 saturated heterocycles. The Morgan fingerprint density at radius 1 is 1.39 bits per heavy atom. The van der Waals surface area contributed by atoms with Gasteiger partial charge in [0.2, 0.25) is 6.79 Å². The van der Waals surface area contributed by atoms with Crippen LogP contribution in [0.15, 0.2) is 24.4 Å². The highest BCUT2D eigenvalue weighted by Crippen LogP contribution is 2.32. The van der Waals surface area contributed by atoms with Crippen molar-refractivity contribution in [1.29, 1.82) is 0 Å². The van der Waals surface area contributed by atoms with Gasteiger partial charge in [0.05, 0.1) is 5.69 Å². The monoisotopic (exact) mass is 246 g/mol. The minimum Gasteiger partial charge on any atom is -0.454 e. The summed E-state index contributed by atoms with van der Waals surface area (Å²) in [5.41, 5.74) is 7.53. The van der Waals surface area contributed by atoms with Gasteiger partial charge in [0.1, 0.15) is 0 Å². The molecule has 3 N–H and O–H groups in total. The number of hydrogen-bond donors (Lipinski definition) is 2. The molecule has 94 valence electrons. The van der Waals surface area contributed by atoms with Crippen molar-refractivity contribution in [1.82, 2.24) is 9.78 Å². The molecule has 6 nitrogen and oxygen atoms in total. The largest absolute Gasteiger partial charge is 0.454 e.